The summed E-state index contributed by atoms with van der Waals surface area (Å²) in [5.74, 6) is -1.21. The Bertz CT molecular complexity index is 1210. The van der Waals surface area contributed by atoms with Crippen molar-refractivity contribution in [1.29, 1.82) is 0 Å². The number of benzene rings is 1. The minimum absolute atomic E-state index is 0.0531. The van der Waals surface area contributed by atoms with Crippen LogP contribution < -0.4 is 5.32 Å². The molecule has 0 saturated heterocycles. The van der Waals surface area contributed by atoms with E-state index < -0.39 is 18.1 Å². The summed E-state index contributed by atoms with van der Waals surface area (Å²) in [7, 11) is 1.88. The Hall–Kier alpha value is -3.61. The summed E-state index contributed by atoms with van der Waals surface area (Å²) >= 11 is 0. The maximum absolute atomic E-state index is 13.1. The molecular weight excluding hydrogens is 345 g/mol. The number of nitrogens with one attached hydrogen (secondary N) is 1. The lowest BCUT2D eigenvalue weighted by atomic mass is 10.1. The van der Waals surface area contributed by atoms with Crippen molar-refractivity contribution in [1.82, 2.24) is 19.5 Å². The molecule has 3 aromatic heterocycles. The quantitative estimate of drug-likeness (QED) is 0.603. The lowest BCUT2D eigenvalue weighted by Crippen LogP contribution is -2.15. The molecule has 1 aromatic carbocycles. The average molecular weight is 363 g/mol. The van der Waals surface area contributed by atoms with Crippen molar-refractivity contribution >= 4 is 22.6 Å². The van der Waals surface area contributed by atoms with Gasteiger partial charge in [0.15, 0.2) is 0 Å². The van der Waals surface area contributed by atoms with Crippen LogP contribution in [0.2, 0.25) is 0 Å². The number of hydrogen-bond donors (Lipinski definition) is 1. The number of amides is 1. The van der Waals surface area contributed by atoms with Crippen LogP contribution in [0, 0.1) is 5.82 Å². The first-order valence-corrected chi connectivity index (χ1v) is 8.14. The molecule has 0 bridgehead atoms. The Balaban J connectivity index is 1.63. The fraction of sp³-hybridized carbons (Fsp3) is 0.100. The normalized spacial score (nSPS) is 12.5. The van der Waals surface area contributed by atoms with Crippen molar-refractivity contribution < 1.29 is 11.9 Å². The molecule has 0 atom stereocenters. The standard InChI is InChI=1S/C20H16FN5O/c1-26-12-22-11-18(26)15-7-14-8-19(24-10-17(14)23-9-15)25-20(27)6-13-2-4-16(21)5-3-13/h2-5,7-12H,6H2,1H3,(H,24,25,27)/i6D2. The first-order chi connectivity index (χ1) is 13.8. The monoisotopic (exact) mass is 363 g/mol. The van der Waals surface area contributed by atoms with Gasteiger partial charge in [-0.2, -0.15) is 0 Å². The molecule has 0 unspecified atom stereocenters. The highest BCUT2D eigenvalue weighted by Gasteiger charge is 2.08. The number of hydrogen-bond acceptors (Lipinski definition) is 4. The number of aromatic nitrogens is 4. The van der Waals surface area contributed by atoms with Crippen LogP contribution in [-0.2, 0) is 18.2 Å². The summed E-state index contributed by atoms with van der Waals surface area (Å²) in [6, 6.07) is 8.23. The van der Waals surface area contributed by atoms with Gasteiger partial charge in [0.25, 0.3) is 0 Å². The van der Waals surface area contributed by atoms with Gasteiger partial charge in [0, 0.05) is 26.9 Å². The summed E-state index contributed by atoms with van der Waals surface area (Å²) in [4.78, 5) is 25.1. The SMILES string of the molecule is [2H]C([2H])(C(=O)Nc1cc2cc(-c3cncn3C)cnc2cn1)c1ccc(F)cc1. The summed E-state index contributed by atoms with van der Waals surface area (Å²) in [5, 5.41) is 3.22. The van der Waals surface area contributed by atoms with E-state index in [-0.39, 0.29) is 11.4 Å². The van der Waals surface area contributed by atoms with E-state index in [0.29, 0.717) is 5.52 Å². The molecule has 0 saturated carbocycles. The number of rotatable bonds is 4. The third kappa shape index (κ3) is 3.67. The van der Waals surface area contributed by atoms with Gasteiger partial charge in [-0.1, -0.05) is 12.1 Å². The second kappa shape index (κ2) is 6.95. The fourth-order valence-electron chi connectivity index (χ4n) is 2.69. The maximum Gasteiger partial charge on any atom is 0.229 e. The highest BCUT2D eigenvalue weighted by atomic mass is 19.1. The number of halogens is 1. The lowest BCUT2D eigenvalue weighted by molar-refractivity contribution is -0.115. The number of fused-ring (bicyclic) bond motifs is 1. The van der Waals surface area contributed by atoms with Crippen LogP contribution in [0.25, 0.3) is 22.2 Å². The molecule has 6 nitrogen and oxygen atoms in total. The Kier molecular flexibility index (Phi) is 3.75. The van der Waals surface area contributed by atoms with E-state index >= 15 is 0 Å². The summed E-state index contributed by atoms with van der Waals surface area (Å²) in [6.45, 7) is 0. The second-order valence-electron chi connectivity index (χ2n) is 5.96. The minimum Gasteiger partial charge on any atom is -0.334 e. The zero-order valence-electron chi connectivity index (χ0n) is 16.3. The van der Waals surface area contributed by atoms with Gasteiger partial charge in [-0.25, -0.2) is 14.4 Å². The lowest BCUT2D eigenvalue weighted by Gasteiger charge is -2.07. The van der Waals surface area contributed by atoms with Crippen LogP contribution in [0.15, 0.2) is 61.3 Å². The Labute approximate surface area is 157 Å². The predicted octanol–water partition coefficient (Wildman–Crippen LogP) is 3.35. The highest BCUT2D eigenvalue weighted by Crippen LogP contribution is 2.23. The number of imidazole rings is 1. The molecule has 7 heteroatoms. The number of nitrogens with zero attached hydrogens (tertiary/aromatic N) is 4. The van der Waals surface area contributed by atoms with Crippen molar-refractivity contribution in [2.45, 2.75) is 6.37 Å². The molecule has 0 aliphatic carbocycles. The predicted molar refractivity (Wildman–Crippen MR) is 100 cm³/mol. The van der Waals surface area contributed by atoms with Crippen molar-refractivity contribution in [3.63, 3.8) is 0 Å². The number of carbonyl (C=O) groups excluding carboxylic acids is 1. The molecule has 0 fully saturated rings. The van der Waals surface area contributed by atoms with Crippen molar-refractivity contribution in [2.75, 3.05) is 5.32 Å². The van der Waals surface area contributed by atoms with Gasteiger partial charge in [-0.3, -0.25) is 9.78 Å². The van der Waals surface area contributed by atoms with Gasteiger partial charge in [-0.15, -0.1) is 0 Å². The number of anilines is 1. The fourth-order valence-corrected chi connectivity index (χ4v) is 2.69. The van der Waals surface area contributed by atoms with Crippen LogP contribution in [0.5, 0.6) is 0 Å². The van der Waals surface area contributed by atoms with Gasteiger partial charge >= 0.3 is 0 Å². The van der Waals surface area contributed by atoms with Crippen LogP contribution in [0.3, 0.4) is 0 Å². The van der Waals surface area contributed by atoms with Gasteiger partial charge in [-0.05, 0) is 29.8 Å². The first kappa shape index (κ1) is 14.5. The molecular formula is C20H16FN5O. The van der Waals surface area contributed by atoms with Crippen molar-refractivity contribution in [3.05, 3.63) is 72.7 Å². The van der Waals surface area contributed by atoms with E-state index in [1.807, 2.05) is 17.7 Å². The van der Waals surface area contributed by atoms with Gasteiger partial charge < -0.3 is 9.88 Å². The Morgan fingerprint density at radius 3 is 2.74 bits per heavy atom. The third-order valence-corrected chi connectivity index (χ3v) is 4.02. The van der Waals surface area contributed by atoms with E-state index in [0.717, 1.165) is 28.8 Å². The second-order valence-corrected chi connectivity index (χ2v) is 5.96. The summed E-state index contributed by atoms with van der Waals surface area (Å²) in [5.41, 5.74) is 2.42. The number of carbonyl (C=O) groups is 1. The molecule has 4 aromatic rings. The minimum atomic E-state index is -2.35. The average Bonchev–Trinajstić information content (AvgIpc) is 3.13. The number of pyridine rings is 2. The van der Waals surface area contributed by atoms with Crippen LogP contribution in [-0.4, -0.2) is 25.4 Å². The number of aryl methyl sites for hydroxylation is 1. The first-order valence-electron chi connectivity index (χ1n) is 9.14. The molecule has 134 valence electrons. The molecule has 4 rings (SSSR count). The zero-order valence-corrected chi connectivity index (χ0v) is 14.3. The molecule has 0 radical (unpaired) electrons. The van der Waals surface area contributed by atoms with Crippen molar-refractivity contribution in [2.24, 2.45) is 7.05 Å². The molecule has 0 aliphatic rings. The highest BCUT2D eigenvalue weighted by molar-refractivity contribution is 5.93. The van der Waals surface area contributed by atoms with Gasteiger partial charge in [0.05, 0.1) is 36.3 Å². The van der Waals surface area contributed by atoms with E-state index in [1.165, 1.54) is 18.3 Å². The largest absolute Gasteiger partial charge is 0.334 e. The topological polar surface area (TPSA) is 72.7 Å². The van der Waals surface area contributed by atoms with Crippen molar-refractivity contribution in [3.8, 4) is 11.3 Å². The molecule has 0 spiro atoms. The van der Waals surface area contributed by atoms with E-state index in [4.69, 9.17) is 2.74 Å². The van der Waals surface area contributed by atoms with Gasteiger partial charge in [0.2, 0.25) is 5.91 Å². The molecule has 1 N–H and O–H groups in total. The molecule has 0 aliphatic heterocycles. The maximum atomic E-state index is 13.1. The Morgan fingerprint density at radius 1 is 1.19 bits per heavy atom. The molecule has 27 heavy (non-hydrogen) atoms. The zero-order chi connectivity index (χ0) is 20.6. The van der Waals surface area contributed by atoms with E-state index in [9.17, 15) is 9.18 Å². The summed E-state index contributed by atoms with van der Waals surface area (Å²) in [6.07, 6.45) is 4.29. The van der Waals surface area contributed by atoms with Gasteiger partial charge in [0.1, 0.15) is 11.6 Å². The van der Waals surface area contributed by atoms with Crippen LogP contribution in [0.1, 0.15) is 8.30 Å². The summed E-state index contributed by atoms with van der Waals surface area (Å²) < 4.78 is 31.1. The van der Waals surface area contributed by atoms with Crippen LogP contribution >= 0.6 is 0 Å². The smallest absolute Gasteiger partial charge is 0.229 e. The third-order valence-electron chi connectivity index (χ3n) is 4.02. The Morgan fingerprint density at radius 2 is 2.00 bits per heavy atom. The van der Waals surface area contributed by atoms with E-state index in [1.54, 1.807) is 24.8 Å². The van der Waals surface area contributed by atoms with E-state index in [2.05, 4.69) is 20.3 Å². The van der Waals surface area contributed by atoms with Crippen LogP contribution in [0.4, 0.5) is 10.2 Å². The molecule has 1 amide bonds. The molecule has 3 heterocycles.